The lowest BCUT2D eigenvalue weighted by Crippen LogP contribution is -2.55. The average Bonchev–Trinajstić information content (AvgIpc) is 4.40. The van der Waals surface area contributed by atoms with E-state index < -0.39 is 130 Å². The normalized spacial score (nSPS) is 26.8. The Balaban J connectivity index is 0.881. The Kier molecular flexibility index (Phi) is 18.5. The van der Waals surface area contributed by atoms with E-state index in [0.717, 1.165) is 17.2 Å². The number of amides is 6. The van der Waals surface area contributed by atoms with Crippen LogP contribution in [-0.4, -0.2) is 149 Å². The molecule has 7 heterocycles. The van der Waals surface area contributed by atoms with Crippen molar-refractivity contribution in [3.63, 3.8) is 0 Å². The molecule has 3 fully saturated rings. The van der Waals surface area contributed by atoms with Gasteiger partial charge >= 0.3 is 25.7 Å². The van der Waals surface area contributed by atoms with Crippen molar-refractivity contribution in [1.29, 1.82) is 0 Å². The summed E-state index contributed by atoms with van der Waals surface area (Å²) in [6.07, 6.45) is -8.93. The summed E-state index contributed by atoms with van der Waals surface area (Å²) in [6.45, 7) is -7.80. The predicted molar refractivity (Wildman–Crippen MR) is 277 cm³/mol. The number of hydrogen-bond acceptors (Lipinski definition) is 23. The first-order valence-corrected chi connectivity index (χ1v) is 29.0. The Morgan fingerprint density at radius 2 is 1.51 bits per heavy atom. The van der Waals surface area contributed by atoms with Crippen LogP contribution in [0.5, 0.6) is 0 Å². The van der Waals surface area contributed by atoms with Crippen LogP contribution in [0.2, 0.25) is 0 Å². The van der Waals surface area contributed by atoms with Gasteiger partial charge in [0.25, 0.3) is 0 Å². The van der Waals surface area contributed by atoms with Crippen LogP contribution in [0, 0.1) is 5.92 Å². The van der Waals surface area contributed by atoms with Gasteiger partial charge in [0.2, 0.25) is 17.7 Å². The zero-order valence-electron chi connectivity index (χ0n) is 41.3. The number of aromatic nitrogens is 8. The minimum atomic E-state index is -4.53. The topological polar surface area (TPSA) is 452 Å². The number of imidazole rings is 2. The van der Waals surface area contributed by atoms with Gasteiger partial charge in [0, 0.05) is 17.1 Å². The van der Waals surface area contributed by atoms with Crippen LogP contribution in [0.3, 0.4) is 0 Å². The minimum Gasteiger partial charge on any atom is -0.444 e. The summed E-state index contributed by atoms with van der Waals surface area (Å²) in [6, 6.07) is 3.08. The standard InChI is InChI=1S/C41H51FN18O15P2S2/c1-18(2)26(56-24(61)10-53-58-45)37(64)55-21(4-3-9-46-40(44)65)36(63)54-20-7-5-19(6-8-20)11-69-41(66)57-33-28-35(50-15-48-33)59(17-52-28)38-25(42)30-22(72-38)12-70-77(68,79)75-31-23(13-71-76(67,78)74-30)73-39(29(31)62)60-16-51-27-32(43)47-14-49-34(27)60/h5-8,14-18,21-23,25-26,29-31,38-39,62H,3-4,9-13H2,1-2H3,(H,54,63)(H,55,64)(H,56,61)(H,67,78)(H,68,79)(H2,43,47,49)(H3,44,46,65)(H,48,50,57,66)/t21-,22+,23+,25+,26-,29+,30+,31+,38+,39+,76+,77-/m0/s1. The van der Waals surface area contributed by atoms with Gasteiger partial charge in [-0.1, -0.05) is 55.6 Å². The van der Waals surface area contributed by atoms with Gasteiger partial charge in [-0.15, -0.1) is 0 Å². The first-order valence-electron chi connectivity index (χ1n) is 23.6. The van der Waals surface area contributed by atoms with Crippen LogP contribution in [0.4, 0.5) is 31.3 Å². The van der Waals surface area contributed by atoms with E-state index in [1.165, 1.54) is 29.4 Å². The number of anilines is 3. The molecule has 79 heavy (non-hydrogen) atoms. The smallest absolute Gasteiger partial charge is 0.413 e. The number of carbonyl (C=O) groups is 5. The number of nitrogens with one attached hydrogen (secondary N) is 5. The number of rotatable bonds is 17. The molecule has 0 spiro atoms. The van der Waals surface area contributed by atoms with Crippen molar-refractivity contribution >= 4 is 108 Å². The van der Waals surface area contributed by atoms with Crippen LogP contribution in [-0.2, 0) is 62.4 Å². The SMILES string of the molecule is CC(C)[C@H](NC(=O)CN=[N+]=[N-])C(=O)N[C@@H](CCCNC(N)=O)C(=O)Nc1ccc(COC(=O)Nc2ncnc3c2ncn3[C@@H]2O[C@@H]3CO[P@](=O)(S)O[C@H]4[C@@H](O)[C@H](n5cnc6c(N)ncnc65)O[C@@H]4CO[P@@](=O)(S)O[C@H]3[C@H]2F)cc1. The first kappa shape index (κ1) is 58.3. The Bertz CT molecular complexity index is 3230. The molecule has 3 saturated heterocycles. The zero-order chi connectivity index (χ0) is 56.8. The summed E-state index contributed by atoms with van der Waals surface area (Å²) in [5.41, 5.74) is 20.6. The van der Waals surface area contributed by atoms with Crippen LogP contribution >= 0.6 is 38.1 Å². The Morgan fingerprint density at radius 3 is 2.18 bits per heavy atom. The number of aliphatic hydroxyl groups is 1. The number of alkyl halides is 1. The number of nitrogens with zero attached hydrogens (tertiary/aromatic N) is 11. The number of aliphatic hydroxyl groups excluding tert-OH is 1. The third kappa shape index (κ3) is 14.2. The fraction of sp³-hybridized carbons (Fsp3) is 0.488. The fourth-order valence-corrected chi connectivity index (χ4v) is 11.3. The Labute approximate surface area is 455 Å². The van der Waals surface area contributed by atoms with E-state index in [1.54, 1.807) is 26.0 Å². The van der Waals surface area contributed by atoms with Gasteiger partial charge in [-0.25, -0.2) is 53.0 Å². The number of fused-ring (bicyclic) bond motifs is 4. The molecule has 10 N–H and O–H groups in total. The summed E-state index contributed by atoms with van der Waals surface area (Å²) >= 11 is 8.17. The molecule has 12 atom stereocenters. The van der Waals surface area contributed by atoms with E-state index in [2.05, 4.69) is 91.0 Å². The summed E-state index contributed by atoms with van der Waals surface area (Å²) < 4.78 is 86.4. The third-order valence-electron chi connectivity index (χ3n) is 12.1. The van der Waals surface area contributed by atoms with Crippen LogP contribution in [0.25, 0.3) is 32.8 Å². The lowest BCUT2D eigenvalue weighted by Gasteiger charge is -2.28. The van der Waals surface area contributed by atoms with Crippen LogP contribution in [0.15, 0.2) is 54.7 Å². The molecule has 33 nitrogen and oxygen atoms in total. The molecule has 8 rings (SSSR count). The maximum Gasteiger partial charge on any atom is 0.413 e. The molecular weight excluding hydrogens is 1130 g/mol. The van der Waals surface area contributed by atoms with E-state index in [-0.39, 0.29) is 65.6 Å². The lowest BCUT2D eigenvalue weighted by molar-refractivity contribution is -0.131. The zero-order valence-corrected chi connectivity index (χ0v) is 44.9. The van der Waals surface area contributed by atoms with E-state index in [9.17, 15) is 38.2 Å². The Hall–Kier alpha value is -6.81. The largest absolute Gasteiger partial charge is 0.444 e. The van der Waals surface area contributed by atoms with Crippen molar-refractivity contribution in [1.82, 2.24) is 55.0 Å². The molecule has 0 radical (unpaired) electrons. The number of nitrogen functional groups attached to an aromatic ring is 1. The number of ether oxygens (including phenoxy) is 3. The minimum absolute atomic E-state index is 0.0476. The van der Waals surface area contributed by atoms with Gasteiger partial charge < -0.3 is 52.1 Å². The summed E-state index contributed by atoms with van der Waals surface area (Å²) in [7, 11) is 0. The monoisotopic (exact) mass is 1180 g/mol. The quantitative estimate of drug-likeness (QED) is 0.0160. The highest BCUT2D eigenvalue weighted by molar-refractivity contribution is 8.44. The molecule has 3 aliphatic rings. The van der Waals surface area contributed by atoms with Gasteiger partial charge in [-0.3, -0.25) is 46.9 Å². The molecule has 0 bridgehead atoms. The van der Waals surface area contributed by atoms with Crippen molar-refractivity contribution in [3.8, 4) is 0 Å². The molecule has 38 heteroatoms. The van der Waals surface area contributed by atoms with Crippen molar-refractivity contribution in [2.45, 2.75) is 94.5 Å². The fourth-order valence-electron chi connectivity index (χ4n) is 8.37. The molecule has 5 aromatic rings. The summed E-state index contributed by atoms with van der Waals surface area (Å²) in [5, 5.41) is 27.3. The number of halogens is 1. The van der Waals surface area contributed by atoms with Gasteiger partial charge in [0.15, 0.2) is 47.1 Å². The number of nitrogens with two attached hydrogens (primary N) is 2. The van der Waals surface area contributed by atoms with Crippen LogP contribution in [0.1, 0.15) is 44.7 Å². The first-order chi connectivity index (χ1) is 37.6. The second kappa shape index (κ2) is 25.1. The highest BCUT2D eigenvalue weighted by Crippen LogP contribution is 2.60. The van der Waals surface area contributed by atoms with Crippen LogP contribution < -0.4 is 38.1 Å². The number of thiol groups is 2. The van der Waals surface area contributed by atoms with Gasteiger partial charge in [0.1, 0.15) is 73.9 Å². The van der Waals surface area contributed by atoms with E-state index >= 15 is 4.39 Å². The maximum atomic E-state index is 16.7. The predicted octanol–water partition coefficient (Wildman–Crippen LogP) is 2.71. The number of primary amides is 1. The number of azide groups is 1. The maximum absolute atomic E-state index is 16.7. The molecule has 3 aliphatic heterocycles. The molecule has 6 amide bonds. The summed E-state index contributed by atoms with van der Waals surface area (Å²) in [5.74, 6) is -2.57. The van der Waals surface area contributed by atoms with Crippen molar-refractivity contribution < 1.29 is 74.9 Å². The lowest BCUT2D eigenvalue weighted by atomic mass is 10.0. The third-order valence-corrected chi connectivity index (χ3v) is 15.4. The summed E-state index contributed by atoms with van der Waals surface area (Å²) in [4.78, 5) is 90.6. The number of benzene rings is 1. The van der Waals surface area contributed by atoms with E-state index in [1.807, 2.05) is 0 Å². The number of carbonyl (C=O) groups excluding carboxylic acids is 5. The van der Waals surface area contributed by atoms with Gasteiger partial charge in [0.05, 0.1) is 25.9 Å². The molecule has 0 unspecified atom stereocenters. The Morgan fingerprint density at radius 1 is 0.886 bits per heavy atom. The van der Waals surface area contributed by atoms with Crippen molar-refractivity contribution in [2.75, 3.05) is 42.7 Å². The molecule has 0 aliphatic carbocycles. The van der Waals surface area contributed by atoms with Crippen molar-refractivity contribution in [3.05, 3.63) is 65.6 Å². The second-order valence-electron chi connectivity index (χ2n) is 17.9. The highest BCUT2D eigenvalue weighted by Gasteiger charge is 2.54. The highest BCUT2D eigenvalue weighted by atomic mass is 32.7. The molecule has 4 aromatic heterocycles. The van der Waals surface area contributed by atoms with E-state index in [0.29, 0.717) is 5.56 Å². The van der Waals surface area contributed by atoms with E-state index in [4.69, 9.17) is 49.3 Å². The average molecular weight is 1180 g/mol. The number of urea groups is 1. The second-order valence-corrected chi connectivity index (χ2v) is 23.7. The molecular formula is C41H51FN18O15P2S2. The molecule has 0 saturated carbocycles. The number of hydrogen-bond donors (Lipinski definition) is 10. The molecule has 424 valence electrons. The van der Waals surface area contributed by atoms with Crippen molar-refractivity contribution in [2.24, 2.45) is 16.8 Å². The van der Waals surface area contributed by atoms with Gasteiger partial charge in [-0.05, 0) is 42.0 Å². The van der Waals surface area contributed by atoms with Gasteiger partial charge in [-0.2, -0.15) is 0 Å². The molecule has 1 aromatic carbocycles.